The average molecular weight is 513 g/mol. The van der Waals surface area contributed by atoms with Crippen LogP contribution in [-0.2, 0) is 20.8 Å². The molecule has 0 radical (unpaired) electrons. The Balaban J connectivity index is 1.57. The highest BCUT2D eigenvalue weighted by Gasteiger charge is 2.48. The predicted molar refractivity (Wildman–Crippen MR) is 123 cm³/mol. The Morgan fingerprint density at radius 1 is 1.33 bits per heavy atom. The number of carbonyl (C=O) groups excluding carboxylic acids is 2. The van der Waals surface area contributed by atoms with E-state index in [0.717, 1.165) is 23.9 Å². The van der Waals surface area contributed by atoms with Gasteiger partial charge in [0.15, 0.2) is 11.8 Å². The number of aromatic nitrogens is 3. The van der Waals surface area contributed by atoms with E-state index in [1.54, 1.807) is 9.58 Å². The number of rotatable bonds is 8. The van der Waals surface area contributed by atoms with Gasteiger partial charge in [0, 0.05) is 43.3 Å². The molecule has 0 unspecified atom stereocenters. The number of hydrogen-bond donors (Lipinski definition) is 2. The molecule has 3 heterocycles. The van der Waals surface area contributed by atoms with E-state index < -0.39 is 36.4 Å². The molecule has 10 nitrogen and oxygen atoms in total. The summed E-state index contributed by atoms with van der Waals surface area (Å²) in [6.45, 7) is 4.18. The Bertz CT molecular complexity index is 1100. The van der Waals surface area contributed by atoms with Crippen LogP contribution in [0.1, 0.15) is 43.6 Å². The number of morpholine rings is 1. The van der Waals surface area contributed by atoms with Gasteiger partial charge in [0.2, 0.25) is 0 Å². The number of nitrogens with zero attached hydrogens (tertiary/aromatic N) is 4. The van der Waals surface area contributed by atoms with Gasteiger partial charge in [-0.05, 0) is 45.2 Å². The topological polar surface area (TPSA) is 111 Å². The Hall–Kier alpha value is -2.93. The molecule has 2 N–H and O–H groups in total. The number of nitrogens with one attached hydrogen (secondary N) is 2. The standard InChI is InChI=1S/C23H31F3N6O4/c1-13-5-8-16-19(30-31(20(16)29-13)10-4-9-28-22(34)35-3)14(2)32(15-6-7-15)21(33)17-11-27-12-18(36-17)23(24,25)26/h5,8,14-15,17-18,27H,4,6-7,9-12H2,1-3H3,(H,28,34)/t14-,17-,18+/m1/s1. The minimum atomic E-state index is -4.55. The zero-order valence-electron chi connectivity index (χ0n) is 20.5. The molecule has 0 spiro atoms. The second-order valence-electron chi connectivity index (χ2n) is 9.17. The van der Waals surface area contributed by atoms with E-state index in [1.165, 1.54) is 7.11 Å². The molecule has 0 aromatic carbocycles. The predicted octanol–water partition coefficient (Wildman–Crippen LogP) is 2.46. The second kappa shape index (κ2) is 10.6. The summed E-state index contributed by atoms with van der Waals surface area (Å²) in [5.74, 6) is -0.475. The summed E-state index contributed by atoms with van der Waals surface area (Å²) < 4.78 is 51.2. The molecule has 1 aliphatic carbocycles. The third kappa shape index (κ3) is 5.72. The number of alkyl halides is 3. The molecular formula is C23H31F3N6O4. The van der Waals surface area contributed by atoms with Crippen molar-refractivity contribution in [2.24, 2.45) is 0 Å². The number of hydrogen-bond acceptors (Lipinski definition) is 7. The largest absolute Gasteiger partial charge is 0.453 e. The first-order valence-corrected chi connectivity index (χ1v) is 12.0. The Morgan fingerprint density at radius 3 is 2.75 bits per heavy atom. The fraction of sp³-hybridized carbons (Fsp3) is 0.652. The van der Waals surface area contributed by atoms with E-state index in [2.05, 4.69) is 20.4 Å². The first-order chi connectivity index (χ1) is 17.1. The van der Waals surface area contributed by atoms with Crippen molar-refractivity contribution in [3.63, 3.8) is 0 Å². The Kier molecular flexibility index (Phi) is 7.69. The maximum Gasteiger partial charge on any atom is 0.415 e. The fourth-order valence-corrected chi connectivity index (χ4v) is 4.44. The molecule has 1 saturated carbocycles. The summed E-state index contributed by atoms with van der Waals surface area (Å²) in [4.78, 5) is 31.0. The SMILES string of the molecule is COC(=O)NCCCn1nc([C@@H](C)N(C(=O)[C@H]2CNC[C@@H](C(F)(F)F)O2)C2CC2)c2ccc(C)nc21. The van der Waals surface area contributed by atoms with Crippen LogP contribution in [0.5, 0.6) is 0 Å². The lowest BCUT2D eigenvalue weighted by Crippen LogP contribution is -2.56. The van der Waals surface area contributed by atoms with Crippen LogP contribution < -0.4 is 10.6 Å². The first kappa shape index (κ1) is 26.1. The van der Waals surface area contributed by atoms with Crippen molar-refractivity contribution < 1.29 is 32.2 Å². The number of pyridine rings is 1. The van der Waals surface area contributed by atoms with Gasteiger partial charge in [-0.3, -0.25) is 4.79 Å². The smallest absolute Gasteiger partial charge is 0.415 e. The van der Waals surface area contributed by atoms with Gasteiger partial charge in [-0.2, -0.15) is 18.3 Å². The highest BCUT2D eigenvalue weighted by Crippen LogP contribution is 2.37. The van der Waals surface area contributed by atoms with Crippen molar-refractivity contribution >= 4 is 23.0 Å². The number of alkyl carbamates (subject to hydrolysis) is 1. The molecule has 198 valence electrons. The van der Waals surface area contributed by atoms with Crippen LogP contribution in [0.3, 0.4) is 0 Å². The minimum absolute atomic E-state index is 0.0183. The van der Waals surface area contributed by atoms with Gasteiger partial charge in [0.05, 0.1) is 18.8 Å². The van der Waals surface area contributed by atoms with E-state index in [-0.39, 0.29) is 19.1 Å². The second-order valence-corrected chi connectivity index (χ2v) is 9.17. The quantitative estimate of drug-likeness (QED) is 0.523. The highest BCUT2D eigenvalue weighted by atomic mass is 19.4. The molecule has 2 aromatic rings. The summed E-state index contributed by atoms with van der Waals surface area (Å²) in [6, 6.07) is 3.18. The van der Waals surface area contributed by atoms with E-state index in [4.69, 9.17) is 9.84 Å². The van der Waals surface area contributed by atoms with Crippen LogP contribution in [0.25, 0.3) is 11.0 Å². The maximum absolute atomic E-state index is 13.5. The summed E-state index contributed by atoms with van der Waals surface area (Å²) in [6.07, 6.45) is -6.21. The zero-order chi connectivity index (χ0) is 26.0. The molecule has 2 amide bonds. The zero-order valence-corrected chi connectivity index (χ0v) is 20.5. The van der Waals surface area contributed by atoms with Crippen molar-refractivity contribution in [2.45, 2.75) is 70.1 Å². The lowest BCUT2D eigenvalue weighted by atomic mass is 10.1. The molecule has 3 atom stereocenters. The number of ether oxygens (including phenoxy) is 2. The third-order valence-electron chi connectivity index (χ3n) is 6.40. The van der Waals surface area contributed by atoms with E-state index in [1.807, 2.05) is 26.0 Å². The van der Waals surface area contributed by atoms with Gasteiger partial charge in [0.25, 0.3) is 5.91 Å². The van der Waals surface area contributed by atoms with Crippen molar-refractivity contribution in [3.05, 3.63) is 23.5 Å². The first-order valence-electron chi connectivity index (χ1n) is 12.0. The third-order valence-corrected chi connectivity index (χ3v) is 6.40. The fourth-order valence-electron chi connectivity index (χ4n) is 4.44. The van der Waals surface area contributed by atoms with Crippen molar-refractivity contribution in [1.82, 2.24) is 30.3 Å². The average Bonchev–Trinajstić information content (AvgIpc) is 3.62. The molecule has 0 bridgehead atoms. The summed E-state index contributed by atoms with van der Waals surface area (Å²) >= 11 is 0. The lowest BCUT2D eigenvalue weighted by Gasteiger charge is -2.36. The molecule has 13 heteroatoms. The van der Waals surface area contributed by atoms with Crippen molar-refractivity contribution in [1.29, 1.82) is 0 Å². The van der Waals surface area contributed by atoms with E-state index in [0.29, 0.717) is 30.9 Å². The molecule has 1 saturated heterocycles. The monoisotopic (exact) mass is 512 g/mol. The number of halogens is 3. The summed E-state index contributed by atoms with van der Waals surface area (Å²) in [7, 11) is 1.29. The number of fused-ring (bicyclic) bond motifs is 1. The van der Waals surface area contributed by atoms with Crippen molar-refractivity contribution in [3.8, 4) is 0 Å². The molecule has 2 aromatic heterocycles. The van der Waals surface area contributed by atoms with Gasteiger partial charge >= 0.3 is 12.3 Å². The molecule has 1 aliphatic heterocycles. The molecular weight excluding hydrogens is 481 g/mol. The van der Waals surface area contributed by atoms with Gasteiger partial charge in [-0.15, -0.1) is 0 Å². The van der Waals surface area contributed by atoms with Gasteiger partial charge in [-0.1, -0.05) is 0 Å². The van der Waals surface area contributed by atoms with Gasteiger partial charge in [-0.25, -0.2) is 14.5 Å². The van der Waals surface area contributed by atoms with Crippen LogP contribution in [0.15, 0.2) is 12.1 Å². The van der Waals surface area contributed by atoms with Gasteiger partial charge in [0.1, 0.15) is 6.10 Å². The molecule has 2 aliphatic rings. The molecule has 2 fully saturated rings. The summed E-state index contributed by atoms with van der Waals surface area (Å²) in [5, 5.41) is 10.8. The summed E-state index contributed by atoms with van der Waals surface area (Å²) in [5.41, 5.74) is 2.06. The van der Waals surface area contributed by atoms with Crippen LogP contribution >= 0.6 is 0 Å². The highest BCUT2D eigenvalue weighted by molar-refractivity contribution is 5.84. The van der Waals surface area contributed by atoms with Crippen LogP contribution in [0.4, 0.5) is 18.0 Å². The van der Waals surface area contributed by atoms with E-state index in [9.17, 15) is 22.8 Å². The number of methoxy groups -OCH3 is 1. The number of amides is 2. The minimum Gasteiger partial charge on any atom is -0.453 e. The molecule has 36 heavy (non-hydrogen) atoms. The Labute approximate surface area is 206 Å². The Morgan fingerprint density at radius 2 is 2.08 bits per heavy atom. The lowest BCUT2D eigenvalue weighted by molar-refractivity contribution is -0.239. The molecule has 4 rings (SSSR count). The van der Waals surface area contributed by atoms with Crippen LogP contribution in [0, 0.1) is 6.92 Å². The van der Waals surface area contributed by atoms with Gasteiger partial charge < -0.3 is 25.0 Å². The van der Waals surface area contributed by atoms with Crippen LogP contribution in [-0.4, -0.2) is 82.8 Å². The van der Waals surface area contributed by atoms with Crippen molar-refractivity contribution in [2.75, 3.05) is 26.7 Å². The maximum atomic E-state index is 13.5. The van der Waals surface area contributed by atoms with E-state index >= 15 is 0 Å². The number of aryl methyl sites for hydroxylation is 2. The van der Waals surface area contributed by atoms with Crippen LogP contribution in [0.2, 0.25) is 0 Å². The normalized spacial score (nSPS) is 21.3. The number of carbonyl (C=O) groups is 2.